The molecule has 0 aliphatic heterocycles. The third-order valence-electron chi connectivity index (χ3n) is 2.69. The number of alkyl halides is 1. The maximum atomic E-state index is 5.56. The van der Waals surface area contributed by atoms with Crippen molar-refractivity contribution < 1.29 is 4.74 Å². The molecule has 0 aromatic carbocycles. The Hall–Kier alpha value is 0.440. The molecule has 0 unspecified atom stereocenters. The molecular formula is C9H17BrO. The highest BCUT2D eigenvalue weighted by molar-refractivity contribution is 9.09. The van der Waals surface area contributed by atoms with Crippen LogP contribution in [0.1, 0.15) is 38.5 Å². The van der Waals surface area contributed by atoms with Crippen molar-refractivity contribution >= 4 is 15.9 Å². The van der Waals surface area contributed by atoms with Gasteiger partial charge in [0.25, 0.3) is 0 Å². The minimum atomic E-state index is 0.163. The van der Waals surface area contributed by atoms with Gasteiger partial charge in [0.2, 0.25) is 0 Å². The topological polar surface area (TPSA) is 9.23 Å². The lowest BCUT2D eigenvalue weighted by Crippen LogP contribution is -2.32. The highest BCUT2D eigenvalue weighted by atomic mass is 79.9. The SMILES string of the molecule is COC1(CBr)CCCCCC1. The average molecular weight is 221 g/mol. The molecule has 1 saturated carbocycles. The summed E-state index contributed by atoms with van der Waals surface area (Å²) in [6.45, 7) is 0. The van der Waals surface area contributed by atoms with Crippen LogP contribution in [-0.2, 0) is 4.74 Å². The van der Waals surface area contributed by atoms with Crippen molar-refractivity contribution in [2.24, 2.45) is 0 Å². The van der Waals surface area contributed by atoms with Crippen molar-refractivity contribution in [1.82, 2.24) is 0 Å². The minimum Gasteiger partial charge on any atom is -0.377 e. The van der Waals surface area contributed by atoms with Crippen molar-refractivity contribution in [2.75, 3.05) is 12.4 Å². The first kappa shape index (κ1) is 9.53. The van der Waals surface area contributed by atoms with Crippen LogP contribution in [0.5, 0.6) is 0 Å². The molecule has 0 aromatic heterocycles. The monoisotopic (exact) mass is 220 g/mol. The van der Waals surface area contributed by atoms with E-state index in [0.29, 0.717) is 0 Å². The van der Waals surface area contributed by atoms with Gasteiger partial charge >= 0.3 is 0 Å². The van der Waals surface area contributed by atoms with Crippen LogP contribution in [0.2, 0.25) is 0 Å². The van der Waals surface area contributed by atoms with Crippen LogP contribution < -0.4 is 0 Å². The Morgan fingerprint density at radius 1 is 1.18 bits per heavy atom. The normalized spacial score (nSPS) is 24.5. The highest BCUT2D eigenvalue weighted by Crippen LogP contribution is 2.31. The molecule has 0 aromatic rings. The van der Waals surface area contributed by atoms with E-state index >= 15 is 0 Å². The third kappa shape index (κ3) is 2.45. The van der Waals surface area contributed by atoms with Gasteiger partial charge in [0.05, 0.1) is 5.60 Å². The molecule has 11 heavy (non-hydrogen) atoms. The van der Waals surface area contributed by atoms with E-state index in [0.717, 1.165) is 5.33 Å². The van der Waals surface area contributed by atoms with E-state index in [1.807, 2.05) is 7.11 Å². The van der Waals surface area contributed by atoms with E-state index in [-0.39, 0.29) is 5.60 Å². The van der Waals surface area contributed by atoms with Crippen molar-refractivity contribution in [1.29, 1.82) is 0 Å². The standard InChI is InChI=1S/C9H17BrO/c1-11-9(8-10)6-4-2-3-5-7-9/h2-8H2,1H3. The van der Waals surface area contributed by atoms with Crippen molar-refractivity contribution in [3.8, 4) is 0 Å². The minimum absolute atomic E-state index is 0.163. The van der Waals surface area contributed by atoms with Gasteiger partial charge in [-0.25, -0.2) is 0 Å². The molecule has 1 aliphatic rings. The second kappa shape index (κ2) is 4.46. The van der Waals surface area contributed by atoms with Crippen LogP contribution in [0.4, 0.5) is 0 Å². The molecule has 0 spiro atoms. The lowest BCUT2D eigenvalue weighted by molar-refractivity contribution is -0.000909. The quantitative estimate of drug-likeness (QED) is 0.514. The molecule has 1 rings (SSSR count). The maximum absolute atomic E-state index is 5.56. The second-order valence-electron chi connectivity index (χ2n) is 3.43. The number of hydrogen-bond acceptors (Lipinski definition) is 1. The smallest absolute Gasteiger partial charge is 0.0775 e. The lowest BCUT2D eigenvalue weighted by Gasteiger charge is -2.28. The summed E-state index contributed by atoms with van der Waals surface area (Å²) < 4.78 is 5.56. The Kier molecular flexibility index (Phi) is 3.86. The molecule has 2 heteroatoms. The molecule has 1 fully saturated rings. The van der Waals surface area contributed by atoms with Crippen molar-refractivity contribution in [2.45, 2.75) is 44.1 Å². The number of halogens is 1. The number of hydrogen-bond donors (Lipinski definition) is 0. The van der Waals surface area contributed by atoms with Gasteiger partial charge < -0.3 is 4.74 Å². The molecule has 0 heterocycles. The molecular weight excluding hydrogens is 204 g/mol. The van der Waals surface area contributed by atoms with E-state index in [1.54, 1.807) is 0 Å². The zero-order valence-corrected chi connectivity index (χ0v) is 8.82. The Bertz CT molecular complexity index is 100. The Balaban J connectivity index is 2.49. The van der Waals surface area contributed by atoms with Crippen LogP contribution in [0.3, 0.4) is 0 Å². The van der Waals surface area contributed by atoms with Crippen LogP contribution in [0.15, 0.2) is 0 Å². The largest absolute Gasteiger partial charge is 0.377 e. The van der Waals surface area contributed by atoms with Gasteiger partial charge in [-0.1, -0.05) is 41.6 Å². The van der Waals surface area contributed by atoms with E-state index in [4.69, 9.17) is 4.74 Å². The zero-order chi connectivity index (χ0) is 8.16. The molecule has 1 aliphatic carbocycles. The molecule has 0 radical (unpaired) electrons. The van der Waals surface area contributed by atoms with E-state index in [1.165, 1.54) is 38.5 Å². The fraction of sp³-hybridized carbons (Fsp3) is 1.00. The molecule has 66 valence electrons. The predicted octanol–water partition coefficient (Wildman–Crippen LogP) is 3.12. The summed E-state index contributed by atoms with van der Waals surface area (Å²) in [6.07, 6.45) is 7.90. The molecule has 0 saturated heterocycles. The molecule has 1 nitrogen and oxygen atoms in total. The van der Waals surface area contributed by atoms with Gasteiger partial charge in [0.15, 0.2) is 0 Å². The number of rotatable bonds is 2. The van der Waals surface area contributed by atoms with Crippen molar-refractivity contribution in [3.63, 3.8) is 0 Å². The lowest BCUT2D eigenvalue weighted by atomic mass is 9.97. The first-order valence-corrected chi connectivity index (χ1v) is 5.56. The van der Waals surface area contributed by atoms with Gasteiger partial charge in [-0.15, -0.1) is 0 Å². The summed E-state index contributed by atoms with van der Waals surface area (Å²) in [7, 11) is 1.84. The number of methoxy groups -OCH3 is 1. The highest BCUT2D eigenvalue weighted by Gasteiger charge is 2.28. The Morgan fingerprint density at radius 3 is 2.09 bits per heavy atom. The molecule has 0 bridgehead atoms. The summed E-state index contributed by atoms with van der Waals surface area (Å²) in [6, 6.07) is 0. The van der Waals surface area contributed by atoms with Gasteiger partial charge in [0.1, 0.15) is 0 Å². The summed E-state index contributed by atoms with van der Waals surface area (Å²) in [4.78, 5) is 0. The summed E-state index contributed by atoms with van der Waals surface area (Å²) in [5, 5.41) is 0.997. The van der Waals surface area contributed by atoms with Crippen molar-refractivity contribution in [3.05, 3.63) is 0 Å². The second-order valence-corrected chi connectivity index (χ2v) is 4.00. The van der Waals surface area contributed by atoms with E-state index in [9.17, 15) is 0 Å². The Labute approximate surface area is 77.6 Å². The van der Waals surface area contributed by atoms with Gasteiger partial charge in [0, 0.05) is 12.4 Å². The van der Waals surface area contributed by atoms with Gasteiger partial charge in [-0.2, -0.15) is 0 Å². The fourth-order valence-electron chi connectivity index (χ4n) is 1.77. The maximum Gasteiger partial charge on any atom is 0.0775 e. The van der Waals surface area contributed by atoms with Crippen LogP contribution >= 0.6 is 15.9 Å². The van der Waals surface area contributed by atoms with Crippen LogP contribution in [0.25, 0.3) is 0 Å². The summed E-state index contributed by atoms with van der Waals surface area (Å²) in [5.41, 5.74) is 0.163. The fourth-order valence-corrected chi connectivity index (χ4v) is 2.55. The first-order valence-electron chi connectivity index (χ1n) is 4.44. The van der Waals surface area contributed by atoms with Gasteiger partial charge in [-0.3, -0.25) is 0 Å². The van der Waals surface area contributed by atoms with Gasteiger partial charge in [-0.05, 0) is 12.8 Å². The van der Waals surface area contributed by atoms with Crippen LogP contribution in [-0.4, -0.2) is 18.0 Å². The van der Waals surface area contributed by atoms with Crippen LogP contribution in [0, 0.1) is 0 Å². The summed E-state index contributed by atoms with van der Waals surface area (Å²) >= 11 is 3.54. The zero-order valence-electron chi connectivity index (χ0n) is 7.24. The molecule has 0 atom stereocenters. The number of ether oxygens (including phenoxy) is 1. The first-order chi connectivity index (χ1) is 5.33. The average Bonchev–Trinajstić information content (AvgIpc) is 2.30. The van der Waals surface area contributed by atoms with E-state index < -0.39 is 0 Å². The van der Waals surface area contributed by atoms with E-state index in [2.05, 4.69) is 15.9 Å². The predicted molar refractivity (Wildman–Crippen MR) is 51.2 cm³/mol. The third-order valence-corrected chi connectivity index (χ3v) is 3.71. The molecule has 0 N–H and O–H groups in total. The molecule has 0 amide bonds. The summed E-state index contributed by atoms with van der Waals surface area (Å²) in [5.74, 6) is 0. The Morgan fingerprint density at radius 2 is 1.73 bits per heavy atom.